The fourth-order valence-electron chi connectivity index (χ4n) is 3.12. The van der Waals surface area contributed by atoms with E-state index in [4.69, 9.17) is 4.98 Å². The van der Waals surface area contributed by atoms with Gasteiger partial charge < -0.3 is 5.32 Å². The highest BCUT2D eigenvalue weighted by molar-refractivity contribution is 6.13. The largest absolute Gasteiger partial charge is 0.322 e. The van der Waals surface area contributed by atoms with Gasteiger partial charge in [0.1, 0.15) is 0 Å². The summed E-state index contributed by atoms with van der Waals surface area (Å²) in [6.45, 7) is 4.04. The van der Waals surface area contributed by atoms with E-state index in [0.29, 0.717) is 5.56 Å². The lowest BCUT2D eigenvalue weighted by Crippen LogP contribution is -2.13. The van der Waals surface area contributed by atoms with Gasteiger partial charge in [0.2, 0.25) is 0 Å². The van der Waals surface area contributed by atoms with Crippen molar-refractivity contribution in [3.8, 4) is 11.3 Å². The number of nitrogens with zero attached hydrogens (tertiary/aromatic N) is 1. The molecule has 0 saturated heterocycles. The third kappa shape index (κ3) is 3.58. The summed E-state index contributed by atoms with van der Waals surface area (Å²) in [6, 6.07) is 25.6. The number of aryl methyl sites for hydroxylation is 2. The van der Waals surface area contributed by atoms with Crippen LogP contribution in [-0.4, -0.2) is 10.9 Å². The number of pyridine rings is 1. The molecule has 0 radical (unpaired) electrons. The van der Waals surface area contributed by atoms with Crippen molar-refractivity contribution in [1.82, 2.24) is 4.98 Å². The van der Waals surface area contributed by atoms with Gasteiger partial charge in [-0.1, -0.05) is 59.7 Å². The predicted molar refractivity (Wildman–Crippen MR) is 111 cm³/mol. The van der Waals surface area contributed by atoms with Gasteiger partial charge in [0.15, 0.2) is 0 Å². The zero-order valence-corrected chi connectivity index (χ0v) is 15.4. The van der Waals surface area contributed by atoms with Crippen LogP contribution in [0.15, 0.2) is 78.9 Å². The van der Waals surface area contributed by atoms with E-state index in [-0.39, 0.29) is 5.91 Å². The molecule has 0 unspecified atom stereocenters. The first-order chi connectivity index (χ1) is 13.1. The standard InChI is InChI=1S/C24H20N2O/c1-16-8-11-19(12-9-16)25-24(27)21-15-23(18-6-4-3-5-7-18)26-22-13-10-17(2)14-20(21)22/h3-15H,1-2H3,(H,25,27). The molecule has 0 atom stereocenters. The highest BCUT2D eigenvalue weighted by atomic mass is 16.1. The van der Waals surface area contributed by atoms with Gasteiger partial charge in [-0.2, -0.15) is 0 Å². The Morgan fingerprint density at radius 3 is 2.26 bits per heavy atom. The van der Waals surface area contributed by atoms with E-state index in [1.807, 2.05) is 92.7 Å². The molecule has 27 heavy (non-hydrogen) atoms. The Morgan fingerprint density at radius 2 is 1.52 bits per heavy atom. The topological polar surface area (TPSA) is 42.0 Å². The van der Waals surface area contributed by atoms with Crippen molar-refractivity contribution < 1.29 is 4.79 Å². The summed E-state index contributed by atoms with van der Waals surface area (Å²) in [5.74, 6) is -0.131. The van der Waals surface area contributed by atoms with Crippen molar-refractivity contribution in [1.29, 1.82) is 0 Å². The molecule has 0 aliphatic carbocycles. The molecule has 0 spiro atoms. The second-order valence-corrected chi connectivity index (χ2v) is 6.76. The average Bonchev–Trinajstić information content (AvgIpc) is 2.69. The van der Waals surface area contributed by atoms with Crippen LogP contribution in [0.25, 0.3) is 22.2 Å². The van der Waals surface area contributed by atoms with E-state index >= 15 is 0 Å². The molecule has 0 bridgehead atoms. The van der Waals surface area contributed by atoms with Gasteiger partial charge in [0.05, 0.1) is 16.8 Å². The Bertz CT molecular complexity index is 1120. The van der Waals surface area contributed by atoms with Crippen molar-refractivity contribution >= 4 is 22.5 Å². The molecule has 1 heterocycles. The smallest absolute Gasteiger partial charge is 0.256 e. The third-order valence-corrected chi connectivity index (χ3v) is 4.59. The Hall–Kier alpha value is -3.46. The van der Waals surface area contributed by atoms with Crippen LogP contribution in [0.2, 0.25) is 0 Å². The third-order valence-electron chi connectivity index (χ3n) is 4.59. The van der Waals surface area contributed by atoms with Crippen LogP contribution < -0.4 is 5.32 Å². The number of fused-ring (bicyclic) bond motifs is 1. The Balaban J connectivity index is 1.82. The fraction of sp³-hybridized carbons (Fsp3) is 0.0833. The number of carbonyl (C=O) groups is 1. The maximum Gasteiger partial charge on any atom is 0.256 e. The normalized spacial score (nSPS) is 10.7. The molecule has 0 aliphatic heterocycles. The maximum atomic E-state index is 13.1. The summed E-state index contributed by atoms with van der Waals surface area (Å²) in [5.41, 5.74) is 6.26. The minimum absolute atomic E-state index is 0.131. The molecule has 132 valence electrons. The van der Waals surface area contributed by atoms with Crippen molar-refractivity contribution in [2.24, 2.45) is 0 Å². The van der Waals surface area contributed by atoms with Crippen LogP contribution in [0, 0.1) is 13.8 Å². The first-order valence-corrected chi connectivity index (χ1v) is 8.95. The molecular weight excluding hydrogens is 332 g/mol. The van der Waals surface area contributed by atoms with Gasteiger partial charge in [-0.15, -0.1) is 0 Å². The van der Waals surface area contributed by atoms with E-state index < -0.39 is 0 Å². The molecule has 3 heteroatoms. The van der Waals surface area contributed by atoms with Gasteiger partial charge >= 0.3 is 0 Å². The van der Waals surface area contributed by atoms with Gasteiger partial charge in [-0.25, -0.2) is 4.98 Å². The van der Waals surface area contributed by atoms with E-state index in [1.165, 1.54) is 0 Å². The summed E-state index contributed by atoms with van der Waals surface area (Å²) in [6.07, 6.45) is 0. The summed E-state index contributed by atoms with van der Waals surface area (Å²) in [5, 5.41) is 3.87. The van der Waals surface area contributed by atoms with Crippen molar-refractivity contribution in [2.75, 3.05) is 5.32 Å². The Kier molecular flexibility index (Phi) is 4.43. The number of hydrogen-bond donors (Lipinski definition) is 1. The van der Waals surface area contributed by atoms with E-state index in [1.54, 1.807) is 0 Å². The van der Waals surface area contributed by atoms with Crippen molar-refractivity contribution in [3.05, 3.63) is 95.6 Å². The molecule has 0 fully saturated rings. The van der Waals surface area contributed by atoms with Crippen LogP contribution in [0.1, 0.15) is 21.5 Å². The van der Waals surface area contributed by atoms with E-state index in [9.17, 15) is 4.79 Å². The van der Waals surface area contributed by atoms with Crippen LogP contribution in [0.4, 0.5) is 5.69 Å². The number of nitrogens with one attached hydrogen (secondary N) is 1. The lowest BCUT2D eigenvalue weighted by Gasteiger charge is -2.11. The van der Waals surface area contributed by atoms with Gasteiger partial charge in [0, 0.05) is 16.6 Å². The number of hydrogen-bond acceptors (Lipinski definition) is 2. The van der Waals surface area contributed by atoms with Crippen molar-refractivity contribution in [3.63, 3.8) is 0 Å². The number of aromatic nitrogens is 1. The molecule has 3 nitrogen and oxygen atoms in total. The second kappa shape index (κ2) is 7.04. The first kappa shape index (κ1) is 17.0. The molecule has 1 amide bonds. The van der Waals surface area contributed by atoms with Crippen LogP contribution in [-0.2, 0) is 0 Å². The van der Waals surface area contributed by atoms with Crippen molar-refractivity contribution in [2.45, 2.75) is 13.8 Å². The van der Waals surface area contributed by atoms with Gasteiger partial charge in [0.25, 0.3) is 5.91 Å². The molecule has 4 aromatic rings. The van der Waals surface area contributed by atoms with Crippen LogP contribution in [0.3, 0.4) is 0 Å². The van der Waals surface area contributed by atoms with Crippen LogP contribution in [0.5, 0.6) is 0 Å². The number of benzene rings is 3. The highest BCUT2D eigenvalue weighted by Gasteiger charge is 2.14. The highest BCUT2D eigenvalue weighted by Crippen LogP contribution is 2.26. The molecule has 4 rings (SSSR count). The monoisotopic (exact) mass is 352 g/mol. The molecule has 0 aliphatic rings. The molecule has 1 N–H and O–H groups in total. The zero-order valence-electron chi connectivity index (χ0n) is 15.4. The SMILES string of the molecule is Cc1ccc(NC(=O)c2cc(-c3ccccc3)nc3ccc(C)cc23)cc1. The quantitative estimate of drug-likeness (QED) is 0.508. The summed E-state index contributed by atoms with van der Waals surface area (Å²) < 4.78 is 0. The Morgan fingerprint density at radius 1 is 0.815 bits per heavy atom. The lowest BCUT2D eigenvalue weighted by molar-refractivity contribution is 0.102. The Labute approximate surface area is 158 Å². The number of amides is 1. The molecular formula is C24H20N2O. The minimum atomic E-state index is -0.131. The summed E-state index contributed by atoms with van der Waals surface area (Å²) in [7, 11) is 0. The van der Waals surface area contributed by atoms with Gasteiger partial charge in [-0.3, -0.25) is 4.79 Å². The van der Waals surface area contributed by atoms with Crippen LogP contribution >= 0.6 is 0 Å². The first-order valence-electron chi connectivity index (χ1n) is 8.95. The fourth-order valence-corrected chi connectivity index (χ4v) is 3.12. The number of rotatable bonds is 3. The molecule has 0 saturated carbocycles. The van der Waals surface area contributed by atoms with E-state index in [0.717, 1.165) is 39.0 Å². The summed E-state index contributed by atoms with van der Waals surface area (Å²) >= 11 is 0. The average molecular weight is 352 g/mol. The second-order valence-electron chi connectivity index (χ2n) is 6.76. The number of carbonyl (C=O) groups excluding carboxylic acids is 1. The lowest BCUT2D eigenvalue weighted by atomic mass is 10.0. The minimum Gasteiger partial charge on any atom is -0.322 e. The maximum absolute atomic E-state index is 13.1. The van der Waals surface area contributed by atoms with Gasteiger partial charge in [-0.05, 0) is 44.2 Å². The number of anilines is 1. The summed E-state index contributed by atoms with van der Waals surface area (Å²) in [4.78, 5) is 17.8. The van der Waals surface area contributed by atoms with E-state index in [2.05, 4.69) is 5.32 Å². The predicted octanol–water partition coefficient (Wildman–Crippen LogP) is 5.77. The molecule has 1 aromatic heterocycles. The molecule has 3 aromatic carbocycles. The zero-order chi connectivity index (χ0) is 18.8.